The number of aromatic nitrogens is 2. The number of hydroxylamine groups is 1. The summed E-state index contributed by atoms with van der Waals surface area (Å²) >= 11 is 0. The largest absolute Gasteiger partial charge is 0.365 e. The van der Waals surface area contributed by atoms with Crippen molar-refractivity contribution in [2.75, 3.05) is 25.0 Å². The molecule has 8 heteroatoms. The van der Waals surface area contributed by atoms with E-state index in [0.29, 0.717) is 18.3 Å². The van der Waals surface area contributed by atoms with Crippen molar-refractivity contribution in [3.63, 3.8) is 0 Å². The molecule has 0 aliphatic carbocycles. The maximum Gasteiger partial charge on any atom is 0.267 e. The van der Waals surface area contributed by atoms with Crippen LogP contribution in [-0.2, 0) is 20.9 Å². The lowest BCUT2D eigenvalue weighted by atomic mass is 10.0. The highest BCUT2D eigenvalue weighted by Gasteiger charge is 2.23. The van der Waals surface area contributed by atoms with Crippen molar-refractivity contribution in [3.8, 4) is 0 Å². The van der Waals surface area contributed by atoms with Gasteiger partial charge < -0.3 is 10.1 Å². The molecule has 1 aromatic carbocycles. The van der Waals surface area contributed by atoms with Crippen LogP contribution in [-0.4, -0.2) is 52.8 Å². The second-order valence-electron chi connectivity index (χ2n) is 8.76. The number of aryl methyl sites for hydroxylation is 1. The number of carbonyl (C=O) groups excluding carboxylic acids is 1. The van der Waals surface area contributed by atoms with Crippen molar-refractivity contribution < 1.29 is 14.4 Å². The summed E-state index contributed by atoms with van der Waals surface area (Å²) in [6.07, 6.45) is 9.90. The van der Waals surface area contributed by atoms with Crippen molar-refractivity contribution >= 4 is 17.8 Å². The van der Waals surface area contributed by atoms with Gasteiger partial charge in [0.15, 0.2) is 6.29 Å². The Morgan fingerprint density at radius 3 is 2.94 bits per heavy atom. The molecule has 2 aromatic rings. The van der Waals surface area contributed by atoms with E-state index in [2.05, 4.69) is 57.7 Å². The Morgan fingerprint density at radius 1 is 1.24 bits per heavy atom. The first-order valence-corrected chi connectivity index (χ1v) is 11.7. The molecule has 0 spiro atoms. The minimum absolute atomic E-state index is 0.343. The van der Waals surface area contributed by atoms with E-state index in [9.17, 15) is 4.79 Å². The summed E-state index contributed by atoms with van der Waals surface area (Å²) in [5.74, 6) is 0.385. The van der Waals surface area contributed by atoms with Gasteiger partial charge in [0, 0.05) is 44.8 Å². The van der Waals surface area contributed by atoms with Gasteiger partial charge in [-0.2, -0.15) is 0 Å². The number of nitrogens with zero attached hydrogens (tertiary/aromatic N) is 3. The zero-order valence-corrected chi connectivity index (χ0v) is 19.4. The van der Waals surface area contributed by atoms with E-state index < -0.39 is 0 Å². The molecule has 1 unspecified atom stereocenters. The van der Waals surface area contributed by atoms with Crippen molar-refractivity contribution in [1.82, 2.24) is 20.3 Å². The lowest BCUT2D eigenvalue weighted by Gasteiger charge is -2.21. The molecular formula is C25H33N5O3. The van der Waals surface area contributed by atoms with Crippen LogP contribution in [0.5, 0.6) is 0 Å². The van der Waals surface area contributed by atoms with Crippen molar-refractivity contribution in [3.05, 3.63) is 59.1 Å². The first-order valence-electron chi connectivity index (χ1n) is 11.7. The van der Waals surface area contributed by atoms with Crippen LogP contribution in [0.4, 0.5) is 5.82 Å². The molecule has 2 atom stereocenters. The molecule has 0 saturated carbocycles. The van der Waals surface area contributed by atoms with Crippen LogP contribution < -0.4 is 10.8 Å². The van der Waals surface area contributed by atoms with Crippen LogP contribution >= 0.6 is 0 Å². The topological polar surface area (TPSA) is 88.6 Å². The highest BCUT2D eigenvalue weighted by molar-refractivity contribution is 5.90. The molecule has 2 saturated heterocycles. The number of anilines is 1. The molecule has 0 radical (unpaired) electrons. The summed E-state index contributed by atoms with van der Waals surface area (Å²) in [6, 6.07) is 6.86. The molecule has 2 aliphatic rings. The van der Waals surface area contributed by atoms with E-state index in [1.165, 1.54) is 22.8 Å². The van der Waals surface area contributed by atoms with Crippen molar-refractivity contribution in [2.45, 2.75) is 58.4 Å². The summed E-state index contributed by atoms with van der Waals surface area (Å²) < 4.78 is 5.41. The quantitative estimate of drug-likeness (QED) is 0.470. The number of amides is 1. The maximum atomic E-state index is 11.9. The minimum Gasteiger partial charge on any atom is -0.365 e. The molecular weight excluding hydrogens is 418 g/mol. The fourth-order valence-electron chi connectivity index (χ4n) is 4.15. The highest BCUT2D eigenvalue weighted by Crippen LogP contribution is 2.20. The molecule has 2 aliphatic heterocycles. The minimum atomic E-state index is -0.367. The fourth-order valence-corrected chi connectivity index (χ4v) is 4.15. The smallest absolute Gasteiger partial charge is 0.267 e. The number of likely N-dealkylation sites (tertiary alicyclic amines) is 1. The number of rotatable bonds is 8. The Kier molecular flexibility index (Phi) is 8.04. The zero-order valence-electron chi connectivity index (χ0n) is 19.4. The lowest BCUT2D eigenvalue weighted by molar-refractivity contribution is -0.198. The van der Waals surface area contributed by atoms with E-state index in [1.54, 1.807) is 18.5 Å². The molecule has 33 heavy (non-hydrogen) atoms. The van der Waals surface area contributed by atoms with Crippen LogP contribution in [0.3, 0.4) is 0 Å². The molecule has 176 valence electrons. The zero-order chi connectivity index (χ0) is 23.0. The van der Waals surface area contributed by atoms with Gasteiger partial charge in [0.2, 0.25) is 0 Å². The van der Waals surface area contributed by atoms with Gasteiger partial charge in [0.05, 0.1) is 18.1 Å². The SMILES string of the molecule is Cc1cccc(CN2CC[C@@H](Nc3cnc(/C=C/C(=O)NOC4CCCCO4)cn3)C2)c1C. The van der Waals surface area contributed by atoms with Crippen LogP contribution in [0.25, 0.3) is 6.08 Å². The average molecular weight is 452 g/mol. The van der Waals surface area contributed by atoms with Crippen LogP contribution in [0.2, 0.25) is 0 Å². The van der Waals surface area contributed by atoms with Gasteiger partial charge in [0.25, 0.3) is 5.91 Å². The van der Waals surface area contributed by atoms with Gasteiger partial charge in [0.1, 0.15) is 5.82 Å². The number of hydrogen-bond donors (Lipinski definition) is 2. The number of nitrogens with one attached hydrogen (secondary N) is 2. The van der Waals surface area contributed by atoms with E-state index in [-0.39, 0.29) is 12.2 Å². The Balaban J connectivity index is 1.21. The van der Waals surface area contributed by atoms with Gasteiger partial charge in [-0.05, 0) is 55.9 Å². The van der Waals surface area contributed by atoms with Crippen LogP contribution in [0.1, 0.15) is 48.1 Å². The molecule has 8 nitrogen and oxygen atoms in total. The fraction of sp³-hybridized carbons (Fsp3) is 0.480. The Bertz CT molecular complexity index is 957. The Hall–Kier alpha value is -2.81. The van der Waals surface area contributed by atoms with Gasteiger partial charge in [-0.3, -0.25) is 14.7 Å². The number of ether oxygens (including phenoxy) is 1. The summed E-state index contributed by atoms with van der Waals surface area (Å²) in [7, 11) is 0. The predicted octanol–water partition coefficient (Wildman–Crippen LogP) is 3.37. The van der Waals surface area contributed by atoms with Crippen LogP contribution in [0.15, 0.2) is 36.7 Å². The van der Waals surface area contributed by atoms with Crippen molar-refractivity contribution in [2.24, 2.45) is 0 Å². The van der Waals surface area contributed by atoms with E-state index in [4.69, 9.17) is 9.57 Å². The van der Waals surface area contributed by atoms with E-state index in [1.807, 2.05) is 0 Å². The summed E-state index contributed by atoms with van der Waals surface area (Å²) in [5.41, 5.74) is 7.12. The van der Waals surface area contributed by atoms with E-state index >= 15 is 0 Å². The van der Waals surface area contributed by atoms with Crippen LogP contribution in [0, 0.1) is 13.8 Å². The van der Waals surface area contributed by atoms with Gasteiger partial charge in [-0.1, -0.05) is 18.2 Å². The monoisotopic (exact) mass is 451 g/mol. The molecule has 1 aromatic heterocycles. The third kappa shape index (κ3) is 6.83. The molecule has 0 bridgehead atoms. The third-order valence-corrected chi connectivity index (χ3v) is 6.24. The molecule has 3 heterocycles. The Labute approximate surface area is 195 Å². The summed E-state index contributed by atoms with van der Waals surface area (Å²) in [4.78, 5) is 28.5. The highest BCUT2D eigenvalue weighted by atomic mass is 16.8. The standard InChI is InChI=1S/C25H33N5O3/c1-18-6-5-7-20(19(18)2)16-30-12-11-22(17-30)28-23-15-26-21(14-27-23)9-10-24(31)29-33-25-8-3-4-13-32-25/h5-7,9-10,14-15,22,25H,3-4,8,11-13,16-17H2,1-2H3,(H,27,28)(H,29,31)/b10-9+/t22-,25?/m1/s1. The first kappa shape index (κ1) is 23.4. The number of hydrogen-bond acceptors (Lipinski definition) is 7. The summed E-state index contributed by atoms with van der Waals surface area (Å²) in [5, 5.41) is 3.48. The molecule has 2 N–H and O–H groups in total. The number of carbonyl (C=O) groups is 1. The third-order valence-electron chi connectivity index (χ3n) is 6.24. The van der Waals surface area contributed by atoms with Gasteiger partial charge >= 0.3 is 0 Å². The lowest BCUT2D eigenvalue weighted by Crippen LogP contribution is -2.32. The van der Waals surface area contributed by atoms with Gasteiger partial charge in [-0.15, -0.1) is 0 Å². The second kappa shape index (κ2) is 11.4. The van der Waals surface area contributed by atoms with E-state index in [0.717, 1.165) is 51.1 Å². The Morgan fingerprint density at radius 2 is 2.15 bits per heavy atom. The number of benzene rings is 1. The average Bonchev–Trinajstić information content (AvgIpc) is 3.27. The summed E-state index contributed by atoms with van der Waals surface area (Å²) in [6.45, 7) is 8.03. The second-order valence-corrected chi connectivity index (χ2v) is 8.76. The van der Waals surface area contributed by atoms with Gasteiger partial charge in [-0.25, -0.2) is 15.3 Å². The normalized spacial score (nSPS) is 21.4. The van der Waals surface area contributed by atoms with Crippen molar-refractivity contribution in [1.29, 1.82) is 0 Å². The molecule has 1 amide bonds. The maximum absolute atomic E-state index is 11.9. The molecule has 4 rings (SSSR count). The predicted molar refractivity (Wildman–Crippen MR) is 127 cm³/mol. The molecule has 2 fully saturated rings. The first-order chi connectivity index (χ1) is 16.1.